The molecule has 0 aromatic heterocycles. The summed E-state index contributed by atoms with van der Waals surface area (Å²) in [6.07, 6.45) is 2.70. The molecule has 0 spiro atoms. The fourth-order valence-corrected chi connectivity index (χ4v) is 2.92. The number of ether oxygens (including phenoxy) is 2. The zero-order chi connectivity index (χ0) is 21.1. The SMILES string of the molecule is CCCCOc1ccc(Br)cc1C(=O)Nc1ccc(C(=O)NCCCOC)cc1. The standard InChI is InChI=1S/C22H27BrN2O4/c1-3-4-14-29-20-11-8-17(23)15-19(20)22(27)25-18-9-6-16(7-10-18)21(26)24-12-5-13-28-2/h6-11,15H,3-5,12-14H2,1-2H3,(H,24,26)(H,25,27). The number of halogens is 1. The van der Waals surface area contributed by atoms with E-state index in [0.29, 0.717) is 42.3 Å². The Morgan fingerprint density at radius 1 is 1.00 bits per heavy atom. The summed E-state index contributed by atoms with van der Waals surface area (Å²) in [6, 6.07) is 12.1. The molecule has 0 radical (unpaired) electrons. The van der Waals surface area contributed by atoms with Gasteiger partial charge in [-0.05, 0) is 55.3 Å². The molecule has 0 aliphatic rings. The van der Waals surface area contributed by atoms with Gasteiger partial charge in [-0.25, -0.2) is 0 Å². The maximum absolute atomic E-state index is 12.7. The molecule has 2 amide bonds. The predicted molar refractivity (Wildman–Crippen MR) is 118 cm³/mol. The van der Waals surface area contributed by atoms with Crippen LogP contribution in [0.1, 0.15) is 46.9 Å². The van der Waals surface area contributed by atoms with Crippen molar-refractivity contribution in [1.29, 1.82) is 0 Å². The van der Waals surface area contributed by atoms with Crippen molar-refractivity contribution < 1.29 is 19.1 Å². The maximum atomic E-state index is 12.7. The fourth-order valence-electron chi connectivity index (χ4n) is 2.56. The van der Waals surface area contributed by atoms with Crippen LogP contribution in [0.2, 0.25) is 0 Å². The molecule has 0 aliphatic heterocycles. The molecule has 0 aliphatic carbocycles. The van der Waals surface area contributed by atoms with Crippen LogP contribution in [0.25, 0.3) is 0 Å². The van der Waals surface area contributed by atoms with Gasteiger partial charge in [0.25, 0.3) is 11.8 Å². The van der Waals surface area contributed by atoms with Crippen molar-refractivity contribution in [1.82, 2.24) is 5.32 Å². The largest absolute Gasteiger partial charge is 0.493 e. The first-order valence-corrected chi connectivity index (χ1v) is 10.5. The van der Waals surface area contributed by atoms with Crippen LogP contribution in [0.4, 0.5) is 5.69 Å². The number of carbonyl (C=O) groups excluding carboxylic acids is 2. The summed E-state index contributed by atoms with van der Waals surface area (Å²) in [5.41, 5.74) is 1.59. The van der Waals surface area contributed by atoms with Crippen molar-refractivity contribution >= 4 is 33.4 Å². The Bertz CT molecular complexity index is 809. The lowest BCUT2D eigenvalue weighted by Crippen LogP contribution is -2.25. The number of benzene rings is 2. The van der Waals surface area contributed by atoms with Gasteiger partial charge in [0.2, 0.25) is 0 Å². The molecule has 2 aromatic rings. The molecule has 7 heteroatoms. The Labute approximate surface area is 180 Å². The summed E-state index contributed by atoms with van der Waals surface area (Å²) >= 11 is 3.40. The molecule has 0 heterocycles. The third-order valence-electron chi connectivity index (χ3n) is 4.16. The minimum Gasteiger partial charge on any atom is -0.493 e. The van der Waals surface area contributed by atoms with E-state index in [0.717, 1.165) is 23.7 Å². The lowest BCUT2D eigenvalue weighted by Gasteiger charge is -2.12. The van der Waals surface area contributed by atoms with E-state index in [1.807, 2.05) is 6.07 Å². The second-order valence-electron chi connectivity index (χ2n) is 6.48. The molecule has 2 rings (SSSR count). The molecular weight excluding hydrogens is 436 g/mol. The Kier molecular flexibility index (Phi) is 9.67. The number of methoxy groups -OCH3 is 1. The quantitative estimate of drug-likeness (QED) is 0.476. The van der Waals surface area contributed by atoms with Gasteiger partial charge >= 0.3 is 0 Å². The normalized spacial score (nSPS) is 10.4. The summed E-state index contributed by atoms with van der Waals surface area (Å²) in [7, 11) is 1.63. The maximum Gasteiger partial charge on any atom is 0.259 e. The Hall–Kier alpha value is -2.38. The average Bonchev–Trinajstić information content (AvgIpc) is 2.72. The van der Waals surface area contributed by atoms with Gasteiger partial charge in [-0.2, -0.15) is 0 Å². The lowest BCUT2D eigenvalue weighted by atomic mass is 10.1. The van der Waals surface area contributed by atoms with E-state index in [-0.39, 0.29) is 11.8 Å². The highest BCUT2D eigenvalue weighted by Crippen LogP contribution is 2.25. The van der Waals surface area contributed by atoms with Crippen LogP contribution in [-0.2, 0) is 4.74 Å². The summed E-state index contributed by atoms with van der Waals surface area (Å²) in [5.74, 6) is 0.123. The van der Waals surface area contributed by atoms with E-state index < -0.39 is 0 Å². The Morgan fingerprint density at radius 2 is 1.76 bits per heavy atom. The van der Waals surface area contributed by atoms with Crippen molar-refractivity contribution in [3.63, 3.8) is 0 Å². The molecule has 29 heavy (non-hydrogen) atoms. The van der Waals surface area contributed by atoms with Gasteiger partial charge in [0.15, 0.2) is 0 Å². The van der Waals surface area contributed by atoms with E-state index in [1.54, 1.807) is 43.5 Å². The molecular formula is C22H27BrN2O4. The van der Waals surface area contributed by atoms with E-state index in [4.69, 9.17) is 9.47 Å². The van der Waals surface area contributed by atoms with Crippen LogP contribution in [0.5, 0.6) is 5.75 Å². The Morgan fingerprint density at radius 3 is 2.45 bits per heavy atom. The lowest BCUT2D eigenvalue weighted by molar-refractivity contribution is 0.0948. The summed E-state index contributed by atoms with van der Waals surface area (Å²) in [5, 5.41) is 5.68. The van der Waals surface area contributed by atoms with E-state index in [1.165, 1.54) is 0 Å². The second-order valence-corrected chi connectivity index (χ2v) is 7.39. The van der Waals surface area contributed by atoms with Gasteiger partial charge in [0.05, 0.1) is 12.2 Å². The molecule has 2 aromatic carbocycles. The molecule has 6 nitrogen and oxygen atoms in total. The third kappa shape index (κ3) is 7.51. The van der Waals surface area contributed by atoms with Gasteiger partial charge in [-0.3, -0.25) is 9.59 Å². The van der Waals surface area contributed by atoms with Crippen LogP contribution in [0, 0.1) is 0 Å². The van der Waals surface area contributed by atoms with Gasteiger partial charge in [-0.1, -0.05) is 29.3 Å². The van der Waals surface area contributed by atoms with Crippen LogP contribution >= 0.6 is 15.9 Å². The molecule has 0 saturated heterocycles. The molecule has 0 bridgehead atoms. The highest BCUT2D eigenvalue weighted by Gasteiger charge is 2.14. The van der Waals surface area contributed by atoms with Crippen LogP contribution in [0.3, 0.4) is 0 Å². The van der Waals surface area contributed by atoms with Gasteiger partial charge in [0.1, 0.15) is 5.75 Å². The van der Waals surface area contributed by atoms with Crippen LogP contribution < -0.4 is 15.4 Å². The summed E-state index contributed by atoms with van der Waals surface area (Å²) in [6.45, 7) is 3.80. The van der Waals surface area contributed by atoms with Gasteiger partial charge < -0.3 is 20.1 Å². The van der Waals surface area contributed by atoms with Crippen molar-refractivity contribution in [2.45, 2.75) is 26.2 Å². The van der Waals surface area contributed by atoms with E-state index in [9.17, 15) is 9.59 Å². The summed E-state index contributed by atoms with van der Waals surface area (Å²) < 4.78 is 11.5. The predicted octanol–water partition coefficient (Wildman–Crippen LogP) is 4.65. The minimum atomic E-state index is -0.269. The average molecular weight is 463 g/mol. The highest BCUT2D eigenvalue weighted by atomic mass is 79.9. The van der Waals surface area contributed by atoms with E-state index in [2.05, 4.69) is 33.5 Å². The van der Waals surface area contributed by atoms with Crippen molar-refractivity contribution in [3.8, 4) is 5.75 Å². The molecule has 2 N–H and O–H groups in total. The first-order chi connectivity index (χ1) is 14.0. The zero-order valence-electron chi connectivity index (χ0n) is 16.8. The number of unbranched alkanes of at least 4 members (excludes halogenated alkanes) is 1. The van der Waals surface area contributed by atoms with Crippen LogP contribution in [-0.4, -0.2) is 38.7 Å². The number of carbonyl (C=O) groups is 2. The number of anilines is 1. The van der Waals surface area contributed by atoms with Crippen molar-refractivity contribution in [2.24, 2.45) is 0 Å². The van der Waals surface area contributed by atoms with Crippen LogP contribution in [0.15, 0.2) is 46.9 Å². The number of nitrogens with one attached hydrogen (secondary N) is 2. The van der Waals surface area contributed by atoms with Gasteiger partial charge in [0, 0.05) is 36.0 Å². The van der Waals surface area contributed by atoms with E-state index >= 15 is 0 Å². The molecule has 0 atom stereocenters. The topological polar surface area (TPSA) is 76.7 Å². The molecule has 156 valence electrons. The monoisotopic (exact) mass is 462 g/mol. The fraction of sp³-hybridized carbons (Fsp3) is 0.364. The molecule has 0 unspecified atom stereocenters. The zero-order valence-corrected chi connectivity index (χ0v) is 18.4. The number of hydrogen-bond donors (Lipinski definition) is 2. The first-order valence-electron chi connectivity index (χ1n) is 9.66. The van der Waals surface area contributed by atoms with Gasteiger partial charge in [-0.15, -0.1) is 0 Å². The third-order valence-corrected chi connectivity index (χ3v) is 4.65. The number of rotatable bonds is 11. The Balaban J connectivity index is 2.00. The smallest absolute Gasteiger partial charge is 0.259 e. The number of hydrogen-bond acceptors (Lipinski definition) is 4. The highest BCUT2D eigenvalue weighted by molar-refractivity contribution is 9.10. The van der Waals surface area contributed by atoms with Crippen molar-refractivity contribution in [3.05, 3.63) is 58.1 Å². The number of amides is 2. The van der Waals surface area contributed by atoms with Crippen molar-refractivity contribution in [2.75, 3.05) is 32.2 Å². The first kappa shape index (κ1) is 22.9. The minimum absolute atomic E-state index is 0.155. The second kappa shape index (κ2) is 12.2. The molecule has 0 fully saturated rings. The molecule has 0 saturated carbocycles. The summed E-state index contributed by atoms with van der Waals surface area (Å²) in [4.78, 5) is 24.8.